The first kappa shape index (κ1) is 16.4. The van der Waals surface area contributed by atoms with E-state index in [1.807, 2.05) is 17.5 Å². The monoisotopic (exact) mass is 379 g/mol. The fourth-order valence-electron chi connectivity index (χ4n) is 2.61. The van der Waals surface area contributed by atoms with Gasteiger partial charge in [0.25, 0.3) is 0 Å². The Morgan fingerprint density at radius 3 is 2.68 bits per heavy atom. The molecule has 0 amide bonds. The summed E-state index contributed by atoms with van der Waals surface area (Å²) in [6.45, 7) is 0.630. The summed E-state index contributed by atoms with van der Waals surface area (Å²) in [5, 5.41) is 5.87. The first-order valence-corrected chi connectivity index (χ1v) is 10.1. The lowest BCUT2D eigenvalue weighted by atomic mass is 10.0. The van der Waals surface area contributed by atoms with Crippen LogP contribution in [0.5, 0.6) is 0 Å². The van der Waals surface area contributed by atoms with E-state index in [1.165, 1.54) is 39.9 Å². The number of halogens is 1. The molecule has 1 aliphatic rings. The van der Waals surface area contributed by atoms with E-state index in [-0.39, 0.29) is 17.5 Å². The zero-order chi connectivity index (χ0) is 17.4. The van der Waals surface area contributed by atoms with Crippen molar-refractivity contribution >= 4 is 21.4 Å². The van der Waals surface area contributed by atoms with E-state index < -0.39 is 10.0 Å². The summed E-state index contributed by atoms with van der Waals surface area (Å²) in [4.78, 5) is 5.27. The maximum atomic E-state index is 12.9. The first-order chi connectivity index (χ1) is 12.0. The van der Waals surface area contributed by atoms with Gasteiger partial charge in [0, 0.05) is 13.1 Å². The van der Waals surface area contributed by atoms with Crippen LogP contribution in [0.4, 0.5) is 4.39 Å². The molecule has 0 bridgehead atoms. The minimum atomic E-state index is -3.44. The summed E-state index contributed by atoms with van der Waals surface area (Å²) >= 11 is 1.52. The van der Waals surface area contributed by atoms with E-state index in [0.29, 0.717) is 30.4 Å². The van der Waals surface area contributed by atoms with Crippen molar-refractivity contribution in [2.24, 2.45) is 0 Å². The van der Waals surface area contributed by atoms with E-state index in [4.69, 9.17) is 4.52 Å². The molecular weight excluding hydrogens is 365 g/mol. The van der Waals surface area contributed by atoms with Crippen LogP contribution >= 0.6 is 11.3 Å². The molecule has 0 saturated carbocycles. The summed E-state index contributed by atoms with van der Waals surface area (Å²) in [7, 11) is -3.44. The highest BCUT2D eigenvalue weighted by Crippen LogP contribution is 2.31. The molecule has 0 atom stereocenters. The summed E-state index contributed by atoms with van der Waals surface area (Å²) in [5.74, 6) is 0.353. The number of rotatable bonds is 5. The number of sulfonamides is 1. The molecule has 3 aromatic rings. The Hall–Kier alpha value is -2.10. The van der Waals surface area contributed by atoms with Crippen LogP contribution in [0.2, 0.25) is 0 Å². The molecule has 1 fully saturated rings. The zero-order valence-electron chi connectivity index (χ0n) is 13.0. The second-order valence-corrected chi connectivity index (χ2v) is 8.75. The highest BCUT2D eigenvalue weighted by atomic mass is 32.2. The maximum absolute atomic E-state index is 12.9. The lowest BCUT2D eigenvalue weighted by molar-refractivity contribution is 0.216. The molecule has 3 heterocycles. The topological polar surface area (TPSA) is 76.3 Å². The normalized spacial score (nSPS) is 16.0. The minimum Gasteiger partial charge on any atom is -0.339 e. The van der Waals surface area contributed by atoms with E-state index in [0.717, 1.165) is 4.88 Å². The van der Waals surface area contributed by atoms with Crippen molar-refractivity contribution in [1.82, 2.24) is 14.4 Å². The van der Waals surface area contributed by atoms with E-state index in [1.54, 1.807) is 0 Å². The van der Waals surface area contributed by atoms with Crippen molar-refractivity contribution in [1.29, 1.82) is 0 Å². The molecule has 1 aliphatic heterocycles. The Kier molecular flexibility index (Phi) is 4.14. The molecule has 4 rings (SSSR count). The van der Waals surface area contributed by atoms with Gasteiger partial charge in [-0.2, -0.15) is 9.29 Å². The van der Waals surface area contributed by atoms with Gasteiger partial charge < -0.3 is 4.52 Å². The predicted octanol–water partition coefficient (Wildman–Crippen LogP) is 2.87. The average Bonchev–Trinajstić information content (AvgIpc) is 3.18. The molecule has 0 spiro atoms. The minimum absolute atomic E-state index is 0.0933. The standard InChI is InChI=1S/C16H14FN3O3S2/c17-13-5-3-11(4-6-13)10-25(21,22)20-8-12(9-20)16-18-15(19-23-16)14-2-1-7-24-14/h1-7,12H,8-10H2. The van der Waals surface area contributed by atoms with Gasteiger partial charge in [-0.1, -0.05) is 23.4 Å². The first-order valence-electron chi connectivity index (χ1n) is 7.61. The van der Waals surface area contributed by atoms with Gasteiger partial charge in [-0.25, -0.2) is 12.8 Å². The molecule has 1 aromatic carbocycles. The van der Waals surface area contributed by atoms with Crippen molar-refractivity contribution in [2.75, 3.05) is 13.1 Å². The Bertz CT molecular complexity index is 962. The lowest BCUT2D eigenvalue weighted by Crippen LogP contribution is -2.48. The van der Waals surface area contributed by atoms with Gasteiger partial charge in [0.1, 0.15) is 5.82 Å². The van der Waals surface area contributed by atoms with Crippen LogP contribution in [-0.4, -0.2) is 36.0 Å². The predicted molar refractivity (Wildman–Crippen MR) is 90.9 cm³/mol. The van der Waals surface area contributed by atoms with Crippen LogP contribution in [0.25, 0.3) is 10.7 Å². The SMILES string of the molecule is O=S(=O)(Cc1ccc(F)cc1)N1CC(c2nc(-c3cccs3)no2)C1. The molecule has 6 nitrogen and oxygen atoms in total. The maximum Gasteiger partial charge on any atom is 0.232 e. The molecule has 0 aliphatic carbocycles. The molecule has 25 heavy (non-hydrogen) atoms. The third kappa shape index (κ3) is 3.35. The van der Waals surface area contributed by atoms with Crippen molar-refractivity contribution < 1.29 is 17.3 Å². The molecule has 9 heteroatoms. The van der Waals surface area contributed by atoms with Gasteiger partial charge in [0.15, 0.2) is 0 Å². The van der Waals surface area contributed by atoms with Gasteiger partial charge in [0.2, 0.25) is 21.7 Å². The number of hydrogen-bond donors (Lipinski definition) is 0. The molecule has 0 radical (unpaired) electrons. The second-order valence-electron chi connectivity index (χ2n) is 5.83. The van der Waals surface area contributed by atoms with Crippen LogP contribution < -0.4 is 0 Å². The number of benzene rings is 1. The number of hydrogen-bond acceptors (Lipinski definition) is 6. The quantitative estimate of drug-likeness (QED) is 0.681. The van der Waals surface area contributed by atoms with Crippen LogP contribution in [0, 0.1) is 5.82 Å². The van der Waals surface area contributed by atoms with Gasteiger partial charge in [-0.05, 0) is 29.1 Å². The molecule has 130 valence electrons. The van der Waals surface area contributed by atoms with Crippen LogP contribution in [0.1, 0.15) is 17.4 Å². The third-order valence-corrected chi connectivity index (χ3v) is 6.69. The molecule has 1 saturated heterocycles. The van der Waals surface area contributed by atoms with Gasteiger partial charge in [-0.3, -0.25) is 0 Å². The van der Waals surface area contributed by atoms with Crippen molar-refractivity contribution in [3.8, 4) is 10.7 Å². The smallest absolute Gasteiger partial charge is 0.232 e. The fraction of sp³-hybridized carbons (Fsp3) is 0.250. The van der Waals surface area contributed by atoms with Crippen LogP contribution in [0.3, 0.4) is 0 Å². The third-order valence-electron chi connectivity index (χ3n) is 4.04. The number of nitrogens with zero attached hydrogens (tertiary/aromatic N) is 3. The molecule has 0 N–H and O–H groups in total. The summed E-state index contributed by atoms with van der Waals surface area (Å²) in [6.07, 6.45) is 0. The Balaban J connectivity index is 1.40. The average molecular weight is 379 g/mol. The fourth-order valence-corrected chi connectivity index (χ4v) is 4.87. The Labute approximate surface area is 148 Å². The lowest BCUT2D eigenvalue weighted by Gasteiger charge is -2.35. The highest BCUT2D eigenvalue weighted by molar-refractivity contribution is 7.88. The summed E-state index contributed by atoms with van der Waals surface area (Å²) in [5.41, 5.74) is 0.558. The Morgan fingerprint density at radius 2 is 2.00 bits per heavy atom. The van der Waals surface area contributed by atoms with Crippen LogP contribution in [-0.2, 0) is 15.8 Å². The van der Waals surface area contributed by atoms with Gasteiger partial charge >= 0.3 is 0 Å². The summed E-state index contributed by atoms with van der Waals surface area (Å²) < 4.78 is 44.4. The highest BCUT2D eigenvalue weighted by Gasteiger charge is 2.39. The molecule has 0 unspecified atom stereocenters. The molecular formula is C16H14FN3O3S2. The van der Waals surface area contributed by atoms with E-state index in [2.05, 4.69) is 10.1 Å². The van der Waals surface area contributed by atoms with E-state index in [9.17, 15) is 12.8 Å². The van der Waals surface area contributed by atoms with Crippen molar-refractivity contribution in [3.63, 3.8) is 0 Å². The largest absolute Gasteiger partial charge is 0.339 e. The van der Waals surface area contributed by atoms with Crippen LogP contribution in [0.15, 0.2) is 46.3 Å². The number of aromatic nitrogens is 2. The van der Waals surface area contributed by atoms with E-state index >= 15 is 0 Å². The van der Waals surface area contributed by atoms with Gasteiger partial charge in [-0.15, -0.1) is 11.3 Å². The number of thiophene rings is 1. The van der Waals surface area contributed by atoms with Gasteiger partial charge in [0.05, 0.1) is 16.5 Å². The summed E-state index contributed by atoms with van der Waals surface area (Å²) in [6, 6.07) is 9.29. The second kappa shape index (κ2) is 6.32. The molecule has 2 aromatic heterocycles. The van der Waals surface area contributed by atoms with Crippen molar-refractivity contribution in [3.05, 3.63) is 59.0 Å². The zero-order valence-corrected chi connectivity index (χ0v) is 14.6. The Morgan fingerprint density at radius 1 is 1.24 bits per heavy atom. The van der Waals surface area contributed by atoms with Crippen molar-refractivity contribution in [2.45, 2.75) is 11.7 Å².